The van der Waals surface area contributed by atoms with Crippen LogP contribution in [0.5, 0.6) is 0 Å². The summed E-state index contributed by atoms with van der Waals surface area (Å²) in [6.45, 7) is 0. The molecule has 1 aromatic rings. The van der Waals surface area contributed by atoms with Crippen molar-refractivity contribution in [2.45, 2.75) is 44.3 Å². The molecule has 4 saturated carbocycles. The van der Waals surface area contributed by atoms with Gasteiger partial charge in [-0.1, -0.05) is 6.07 Å². The van der Waals surface area contributed by atoms with Gasteiger partial charge in [0.1, 0.15) is 5.78 Å². The van der Waals surface area contributed by atoms with E-state index in [1.54, 1.807) is 11.3 Å². The number of carbonyl (C=O) groups excluding carboxylic acids is 1. The van der Waals surface area contributed by atoms with Gasteiger partial charge in [0.25, 0.3) is 0 Å². The van der Waals surface area contributed by atoms with Crippen molar-refractivity contribution in [1.29, 1.82) is 0 Å². The van der Waals surface area contributed by atoms with E-state index in [0.717, 1.165) is 29.3 Å². The largest absolute Gasteiger partial charge is 0.298 e. The summed E-state index contributed by atoms with van der Waals surface area (Å²) in [4.78, 5) is 14.2. The number of thiophene rings is 1. The van der Waals surface area contributed by atoms with Gasteiger partial charge in [0, 0.05) is 16.0 Å². The zero-order valence-electron chi connectivity index (χ0n) is 11.8. The molecule has 4 aliphatic carbocycles. The maximum Gasteiger partial charge on any atom is 0.148 e. The summed E-state index contributed by atoms with van der Waals surface area (Å²) in [6, 6.07) is 4.27. The Kier molecular flexibility index (Phi) is 3.46. The first-order chi connectivity index (χ1) is 9.73. The molecule has 1 nitrogen and oxygen atoms in total. The number of hydrogen-bond donors (Lipinski definition) is 0. The minimum atomic E-state index is 0.108. The monoisotopic (exact) mass is 306 g/mol. The summed E-state index contributed by atoms with van der Waals surface area (Å²) >= 11 is 3.63. The molecule has 4 fully saturated rings. The van der Waals surface area contributed by atoms with E-state index < -0.39 is 0 Å². The number of ketones is 1. The molecule has 0 aliphatic heterocycles. The molecule has 108 valence electrons. The van der Waals surface area contributed by atoms with E-state index in [1.807, 2.05) is 11.8 Å². The minimum Gasteiger partial charge on any atom is -0.298 e. The third-order valence-electron chi connectivity index (χ3n) is 5.69. The van der Waals surface area contributed by atoms with Crippen molar-refractivity contribution in [3.05, 3.63) is 22.4 Å². The van der Waals surface area contributed by atoms with E-state index >= 15 is 0 Å². The summed E-state index contributed by atoms with van der Waals surface area (Å²) in [5.41, 5.74) is 0.108. The van der Waals surface area contributed by atoms with Gasteiger partial charge in [-0.25, -0.2) is 0 Å². The molecule has 0 atom stereocenters. The van der Waals surface area contributed by atoms with Gasteiger partial charge in [-0.3, -0.25) is 4.79 Å². The Morgan fingerprint density at radius 3 is 2.40 bits per heavy atom. The summed E-state index contributed by atoms with van der Waals surface area (Å²) in [5.74, 6) is 4.98. The van der Waals surface area contributed by atoms with Crippen LogP contribution < -0.4 is 0 Å². The molecule has 4 aliphatic rings. The van der Waals surface area contributed by atoms with Crippen LogP contribution in [0.1, 0.15) is 43.4 Å². The molecule has 20 heavy (non-hydrogen) atoms. The Morgan fingerprint density at radius 1 is 1.20 bits per heavy atom. The predicted molar refractivity (Wildman–Crippen MR) is 86.1 cm³/mol. The summed E-state index contributed by atoms with van der Waals surface area (Å²) in [6.07, 6.45) is 7.94. The third-order valence-corrected chi connectivity index (χ3v) is 7.73. The lowest BCUT2D eigenvalue weighted by molar-refractivity contribution is -0.141. The van der Waals surface area contributed by atoms with Crippen molar-refractivity contribution in [2.75, 3.05) is 5.75 Å². The van der Waals surface area contributed by atoms with Crippen LogP contribution in [0.3, 0.4) is 0 Å². The van der Waals surface area contributed by atoms with Crippen LogP contribution in [0.25, 0.3) is 0 Å². The maximum atomic E-state index is 12.8. The van der Waals surface area contributed by atoms with Crippen molar-refractivity contribution >= 4 is 28.9 Å². The molecule has 1 aromatic heterocycles. The molecule has 4 bridgehead atoms. The smallest absolute Gasteiger partial charge is 0.148 e. The van der Waals surface area contributed by atoms with Crippen LogP contribution in [0.15, 0.2) is 17.5 Å². The molecule has 0 unspecified atom stereocenters. The van der Waals surface area contributed by atoms with E-state index in [1.165, 1.54) is 43.4 Å². The summed E-state index contributed by atoms with van der Waals surface area (Å²) < 4.78 is 0. The lowest BCUT2D eigenvalue weighted by Crippen LogP contribution is -2.50. The van der Waals surface area contributed by atoms with Crippen molar-refractivity contribution in [3.63, 3.8) is 0 Å². The fraction of sp³-hybridized carbons (Fsp3) is 0.706. The van der Waals surface area contributed by atoms with Gasteiger partial charge in [0.15, 0.2) is 0 Å². The molecule has 0 spiro atoms. The second kappa shape index (κ2) is 5.17. The van der Waals surface area contributed by atoms with Crippen LogP contribution >= 0.6 is 23.1 Å². The van der Waals surface area contributed by atoms with Gasteiger partial charge in [-0.05, 0) is 67.7 Å². The highest BCUT2D eigenvalue weighted by atomic mass is 32.2. The second-order valence-electron chi connectivity index (χ2n) is 7.19. The summed E-state index contributed by atoms with van der Waals surface area (Å²) in [7, 11) is 0. The lowest BCUT2D eigenvalue weighted by atomic mass is 9.48. The van der Waals surface area contributed by atoms with Crippen molar-refractivity contribution in [2.24, 2.45) is 23.2 Å². The van der Waals surface area contributed by atoms with Crippen LogP contribution in [-0.4, -0.2) is 11.5 Å². The highest BCUT2D eigenvalue weighted by Gasteiger charge is 2.53. The molecule has 5 rings (SSSR count). The molecule has 0 N–H and O–H groups in total. The van der Waals surface area contributed by atoms with Gasteiger partial charge in [-0.2, -0.15) is 0 Å². The van der Waals surface area contributed by atoms with E-state index in [4.69, 9.17) is 0 Å². The fourth-order valence-electron chi connectivity index (χ4n) is 5.24. The number of thioether (sulfide) groups is 1. The zero-order chi connectivity index (χ0) is 13.6. The molecule has 0 amide bonds. The number of carbonyl (C=O) groups is 1. The quantitative estimate of drug-likeness (QED) is 0.779. The maximum absolute atomic E-state index is 12.8. The average Bonchev–Trinajstić information content (AvgIpc) is 2.90. The molecule has 1 heterocycles. The molecule has 0 aromatic carbocycles. The molecule has 3 heteroatoms. The van der Waals surface area contributed by atoms with E-state index in [2.05, 4.69) is 17.5 Å². The Morgan fingerprint density at radius 2 is 1.85 bits per heavy atom. The summed E-state index contributed by atoms with van der Waals surface area (Å²) in [5, 5.41) is 2.12. The first-order valence-electron chi connectivity index (χ1n) is 7.87. The van der Waals surface area contributed by atoms with Crippen LogP contribution in [0.4, 0.5) is 0 Å². The number of rotatable bonds is 5. The van der Waals surface area contributed by atoms with Gasteiger partial charge in [0.2, 0.25) is 0 Å². The fourth-order valence-corrected chi connectivity index (χ4v) is 7.15. The van der Waals surface area contributed by atoms with Crippen molar-refractivity contribution in [1.82, 2.24) is 0 Å². The van der Waals surface area contributed by atoms with Crippen molar-refractivity contribution < 1.29 is 4.79 Å². The standard InChI is InChI=1S/C17H22OS2/c18-16(11-19-10-15-2-1-3-20-15)17-7-12-4-13(8-17)6-14(5-12)9-17/h1-3,12-14H,4-11H2. The zero-order valence-corrected chi connectivity index (χ0v) is 13.5. The van der Waals surface area contributed by atoms with E-state index in [9.17, 15) is 4.79 Å². The Bertz CT molecular complexity index is 456. The van der Waals surface area contributed by atoms with Gasteiger partial charge in [0.05, 0.1) is 5.75 Å². The first kappa shape index (κ1) is 13.4. The second-order valence-corrected chi connectivity index (χ2v) is 9.21. The number of Topliss-reactive ketones (excluding diaryl/α,β-unsaturated/α-hetero) is 1. The number of hydrogen-bond acceptors (Lipinski definition) is 3. The molecular weight excluding hydrogens is 284 g/mol. The predicted octanol–water partition coefficient (Wildman–Crippen LogP) is 4.77. The van der Waals surface area contributed by atoms with E-state index in [-0.39, 0.29) is 5.41 Å². The van der Waals surface area contributed by atoms with Crippen molar-refractivity contribution in [3.8, 4) is 0 Å². The molecule has 0 saturated heterocycles. The highest BCUT2D eigenvalue weighted by Crippen LogP contribution is 2.60. The highest BCUT2D eigenvalue weighted by molar-refractivity contribution is 7.99. The normalized spacial score (nSPS) is 38.3. The van der Waals surface area contributed by atoms with Crippen LogP contribution in [-0.2, 0) is 10.5 Å². The Hall–Kier alpha value is -0.280. The molecular formula is C17H22OS2. The van der Waals surface area contributed by atoms with Crippen LogP contribution in [0.2, 0.25) is 0 Å². The van der Waals surface area contributed by atoms with Crippen LogP contribution in [0, 0.1) is 23.2 Å². The Balaban J connectivity index is 1.38. The SMILES string of the molecule is O=C(CSCc1cccs1)C12CC3CC(CC(C3)C1)C2. The van der Waals surface area contributed by atoms with Gasteiger partial charge in [-0.15, -0.1) is 23.1 Å². The third kappa shape index (κ3) is 2.37. The van der Waals surface area contributed by atoms with E-state index in [0.29, 0.717) is 5.78 Å². The lowest BCUT2D eigenvalue weighted by Gasteiger charge is -2.56. The minimum absolute atomic E-state index is 0.108. The molecule has 0 radical (unpaired) electrons. The first-order valence-corrected chi connectivity index (χ1v) is 9.90. The van der Waals surface area contributed by atoms with Gasteiger partial charge >= 0.3 is 0 Å². The average molecular weight is 306 g/mol. The van der Waals surface area contributed by atoms with Gasteiger partial charge < -0.3 is 0 Å². The Labute approximate surface area is 129 Å². The topological polar surface area (TPSA) is 17.1 Å².